The van der Waals surface area contributed by atoms with Gasteiger partial charge in [-0.2, -0.15) is 9.90 Å². The summed E-state index contributed by atoms with van der Waals surface area (Å²) in [6.07, 6.45) is 1.42. The van der Waals surface area contributed by atoms with Gasteiger partial charge in [0.25, 0.3) is 5.91 Å². The molecule has 25 heavy (non-hydrogen) atoms. The van der Waals surface area contributed by atoms with Gasteiger partial charge in [0.05, 0.1) is 23.3 Å². The van der Waals surface area contributed by atoms with Gasteiger partial charge >= 0.3 is 0 Å². The number of nitrogens with zero attached hydrogens (tertiary/aromatic N) is 3. The number of carbonyl (C=O) groups is 2. The Kier molecular flexibility index (Phi) is 3.95. The molecule has 0 fully saturated rings. The van der Waals surface area contributed by atoms with Crippen LogP contribution >= 0.6 is 11.8 Å². The van der Waals surface area contributed by atoms with Crippen molar-refractivity contribution in [3.05, 3.63) is 60.4 Å². The summed E-state index contributed by atoms with van der Waals surface area (Å²) in [5.41, 5.74) is 2.27. The van der Waals surface area contributed by atoms with Gasteiger partial charge in [-0.3, -0.25) is 9.59 Å². The minimum absolute atomic E-state index is 0.0493. The molecule has 3 aromatic rings. The van der Waals surface area contributed by atoms with Gasteiger partial charge in [-0.1, -0.05) is 18.2 Å². The van der Waals surface area contributed by atoms with E-state index in [1.807, 2.05) is 36.4 Å². The number of hydrogen-bond acceptors (Lipinski definition) is 5. The van der Waals surface area contributed by atoms with E-state index < -0.39 is 0 Å². The molecule has 2 amide bonds. The number of anilines is 2. The zero-order chi connectivity index (χ0) is 17.2. The minimum Gasteiger partial charge on any atom is -0.324 e. The Morgan fingerprint density at radius 2 is 2.04 bits per heavy atom. The van der Waals surface area contributed by atoms with E-state index in [9.17, 15) is 9.59 Å². The molecule has 1 aliphatic rings. The predicted molar refractivity (Wildman–Crippen MR) is 95.1 cm³/mol. The second-order valence-corrected chi connectivity index (χ2v) is 6.37. The maximum atomic E-state index is 12.4. The SMILES string of the molecule is O=C1CSc2ccc(NC(=O)c3cnn(-c4ccccc4)n3)cc2N1. The highest BCUT2D eigenvalue weighted by Gasteiger charge is 2.17. The van der Waals surface area contributed by atoms with Crippen LogP contribution < -0.4 is 10.6 Å². The van der Waals surface area contributed by atoms with Crippen molar-refractivity contribution in [1.29, 1.82) is 0 Å². The zero-order valence-electron chi connectivity index (χ0n) is 13.0. The molecule has 0 bridgehead atoms. The monoisotopic (exact) mass is 351 g/mol. The van der Waals surface area contributed by atoms with E-state index in [-0.39, 0.29) is 17.5 Å². The maximum Gasteiger partial charge on any atom is 0.277 e. The van der Waals surface area contributed by atoms with E-state index in [0.717, 1.165) is 10.6 Å². The van der Waals surface area contributed by atoms with E-state index in [0.29, 0.717) is 17.1 Å². The van der Waals surface area contributed by atoms with Crippen LogP contribution in [0.5, 0.6) is 0 Å². The molecule has 0 aliphatic carbocycles. The van der Waals surface area contributed by atoms with Gasteiger partial charge in [0.2, 0.25) is 5.91 Å². The Morgan fingerprint density at radius 1 is 1.20 bits per heavy atom. The molecule has 2 N–H and O–H groups in total. The molecule has 4 rings (SSSR count). The lowest BCUT2D eigenvalue weighted by atomic mass is 10.2. The van der Waals surface area contributed by atoms with Crippen molar-refractivity contribution in [3.8, 4) is 5.69 Å². The third-order valence-corrected chi connectivity index (χ3v) is 4.66. The van der Waals surface area contributed by atoms with Crippen LogP contribution in [0, 0.1) is 0 Å². The zero-order valence-corrected chi connectivity index (χ0v) is 13.8. The maximum absolute atomic E-state index is 12.4. The highest BCUT2D eigenvalue weighted by molar-refractivity contribution is 8.00. The Labute approximate surface area is 147 Å². The Hall–Kier alpha value is -3.13. The summed E-state index contributed by atoms with van der Waals surface area (Å²) in [5.74, 6) is -0.00918. The molecule has 0 spiro atoms. The van der Waals surface area contributed by atoms with Gasteiger partial charge in [0, 0.05) is 10.6 Å². The van der Waals surface area contributed by atoms with Gasteiger partial charge in [-0.05, 0) is 30.3 Å². The van der Waals surface area contributed by atoms with E-state index >= 15 is 0 Å². The topological polar surface area (TPSA) is 88.9 Å². The first kappa shape index (κ1) is 15.4. The molecule has 0 unspecified atom stereocenters. The molecule has 0 saturated carbocycles. The number of hydrogen-bond donors (Lipinski definition) is 2. The number of aromatic nitrogens is 3. The lowest BCUT2D eigenvalue weighted by Gasteiger charge is -2.17. The van der Waals surface area contributed by atoms with Gasteiger partial charge in [0.1, 0.15) is 0 Å². The Balaban J connectivity index is 1.52. The number of benzene rings is 2. The summed E-state index contributed by atoms with van der Waals surface area (Å²) in [4.78, 5) is 26.2. The lowest BCUT2D eigenvalue weighted by Crippen LogP contribution is -2.19. The normalized spacial score (nSPS) is 13.0. The molecule has 1 aromatic heterocycles. The Bertz CT molecular complexity index is 955. The average Bonchev–Trinajstić information content (AvgIpc) is 3.12. The molecule has 2 aromatic carbocycles. The van der Waals surface area contributed by atoms with Gasteiger partial charge in [0.15, 0.2) is 5.69 Å². The van der Waals surface area contributed by atoms with Crippen LogP contribution in [0.3, 0.4) is 0 Å². The predicted octanol–water partition coefficient (Wildman–Crippen LogP) is 2.56. The largest absolute Gasteiger partial charge is 0.324 e. The van der Waals surface area contributed by atoms with Crippen molar-refractivity contribution >= 4 is 35.0 Å². The summed E-state index contributed by atoms with van der Waals surface area (Å²) in [7, 11) is 0. The van der Waals surface area contributed by atoms with E-state index in [1.54, 1.807) is 12.1 Å². The number of rotatable bonds is 3. The number of thioether (sulfide) groups is 1. The average molecular weight is 351 g/mol. The van der Waals surface area contributed by atoms with Gasteiger partial charge in [-0.25, -0.2) is 0 Å². The smallest absolute Gasteiger partial charge is 0.277 e. The van der Waals surface area contributed by atoms with Crippen LogP contribution in [-0.4, -0.2) is 32.6 Å². The van der Waals surface area contributed by atoms with Gasteiger partial charge in [-0.15, -0.1) is 16.9 Å². The van der Waals surface area contributed by atoms with Crippen LogP contribution in [0.15, 0.2) is 59.6 Å². The fourth-order valence-electron chi connectivity index (χ4n) is 2.41. The Morgan fingerprint density at radius 3 is 2.88 bits per heavy atom. The van der Waals surface area contributed by atoms with Crippen molar-refractivity contribution in [2.45, 2.75) is 4.90 Å². The van der Waals surface area contributed by atoms with Crippen LogP contribution in [0.25, 0.3) is 5.69 Å². The van der Waals surface area contributed by atoms with Crippen molar-refractivity contribution in [2.24, 2.45) is 0 Å². The fraction of sp³-hybridized carbons (Fsp3) is 0.0588. The molecule has 7 nitrogen and oxygen atoms in total. The number of fused-ring (bicyclic) bond motifs is 1. The molecule has 0 atom stereocenters. The number of carbonyl (C=O) groups excluding carboxylic acids is 2. The third-order valence-electron chi connectivity index (χ3n) is 3.58. The molecule has 1 aliphatic heterocycles. The van der Waals surface area contributed by atoms with Crippen LogP contribution in [0.4, 0.5) is 11.4 Å². The van der Waals surface area contributed by atoms with Crippen molar-refractivity contribution in [2.75, 3.05) is 16.4 Å². The van der Waals surface area contributed by atoms with Crippen LogP contribution in [0.1, 0.15) is 10.5 Å². The fourth-order valence-corrected chi connectivity index (χ4v) is 3.20. The second-order valence-electron chi connectivity index (χ2n) is 5.36. The summed E-state index contributed by atoms with van der Waals surface area (Å²) >= 11 is 1.47. The van der Waals surface area contributed by atoms with Gasteiger partial charge < -0.3 is 10.6 Å². The summed E-state index contributed by atoms with van der Waals surface area (Å²) in [6.45, 7) is 0. The molecular weight excluding hydrogens is 338 g/mol. The molecular formula is C17H13N5O2S. The standard InChI is InChI=1S/C17H13N5O2S/c23-16-10-25-15-7-6-11(8-13(15)20-16)19-17(24)14-9-18-22(21-14)12-4-2-1-3-5-12/h1-9H,10H2,(H,19,24)(H,20,23). The quantitative estimate of drug-likeness (QED) is 0.757. The highest BCUT2D eigenvalue weighted by Crippen LogP contribution is 2.33. The van der Waals surface area contributed by atoms with Crippen LogP contribution in [0.2, 0.25) is 0 Å². The van der Waals surface area contributed by atoms with Crippen molar-refractivity contribution < 1.29 is 9.59 Å². The van der Waals surface area contributed by atoms with E-state index in [1.165, 1.54) is 22.8 Å². The summed E-state index contributed by atoms with van der Waals surface area (Å²) in [5, 5.41) is 13.9. The first-order chi connectivity index (χ1) is 12.2. The number of para-hydroxylation sites is 1. The number of nitrogens with one attached hydrogen (secondary N) is 2. The molecule has 0 radical (unpaired) electrons. The molecule has 0 saturated heterocycles. The highest BCUT2D eigenvalue weighted by atomic mass is 32.2. The van der Waals surface area contributed by atoms with E-state index in [2.05, 4.69) is 20.8 Å². The lowest BCUT2D eigenvalue weighted by molar-refractivity contribution is -0.113. The van der Waals surface area contributed by atoms with Crippen LogP contribution in [-0.2, 0) is 4.79 Å². The summed E-state index contributed by atoms with van der Waals surface area (Å²) in [6, 6.07) is 14.7. The van der Waals surface area contributed by atoms with Crippen molar-refractivity contribution in [3.63, 3.8) is 0 Å². The van der Waals surface area contributed by atoms with E-state index in [4.69, 9.17) is 0 Å². The first-order valence-electron chi connectivity index (χ1n) is 7.55. The third kappa shape index (κ3) is 3.24. The molecule has 2 heterocycles. The summed E-state index contributed by atoms with van der Waals surface area (Å²) < 4.78 is 0. The molecule has 8 heteroatoms. The first-order valence-corrected chi connectivity index (χ1v) is 8.53. The minimum atomic E-state index is -0.364. The van der Waals surface area contributed by atoms with Crippen molar-refractivity contribution in [1.82, 2.24) is 15.0 Å². The number of amides is 2. The molecule has 124 valence electrons. The second kappa shape index (κ2) is 6.40.